The summed E-state index contributed by atoms with van der Waals surface area (Å²) in [5.74, 6) is 0.989. The van der Waals surface area contributed by atoms with Crippen molar-refractivity contribution in [3.05, 3.63) is 30.3 Å². The van der Waals surface area contributed by atoms with Crippen molar-refractivity contribution in [3.8, 4) is 0 Å². The standard InChI is InChI=1S/C14H19NS.C2H6/c1-11-7-14(8-11)9-12(10-14)15-16-13-5-3-2-4-6-13;1-2/h2-6,11-12,15H,7-10H2,1H3;1-2H3. The Labute approximate surface area is 116 Å². The van der Waals surface area contributed by atoms with Gasteiger partial charge in [-0.3, -0.25) is 4.72 Å². The molecule has 0 heterocycles. The van der Waals surface area contributed by atoms with Gasteiger partial charge < -0.3 is 0 Å². The summed E-state index contributed by atoms with van der Waals surface area (Å²) in [4.78, 5) is 1.32. The molecule has 1 N–H and O–H groups in total. The van der Waals surface area contributed by atoms with Crippen LogP contribution in [-0.2, 0) is 0 Å². The van der Waals surface area contributed by atoms with Gasteiger partial charge in [-0.25, -0.2) is 0 Å². The molecule has 0 aliphatic heterocycles. The fourth-order valence-corrected chi connectivity index (χ4v) is 4.22. The van der Waals surface area contributed by atoms with Crippen LogP contribution in [0.1, 0.15) is 46.5 Å². The van der Waals surface area contributed by atoms with Crippen molar-refractivity contribution in [1.82, 2.24) is 4.72 Å². The molecule has 0 radical (unpaired) electrons. The van der Waals surface area contributed by atoms with E-state index in [9.17, 15) is 0 Å². The van der Waals surface area contributed by atoms with E-state index in [1.165, 1.54) is 30.6 Å². The first-order chi connectivity index (χ1) is 8.76. The predicted octanol–water partition coefficient (Wildman–Crippen LogP) is 4.89. The summed E-state index contributed by atoms with van der Waals surface area (Å²) in [5, 5.41) is 0. The van der Waals surface area contributed by atoms with E-state index in [1.54, 1.807) is 11.9 Å². The van der Waals surface area contributed by atoms with Gasteiger partial charge in [0.15, 0.2) is 0 Å². The van der Waals surface area contributed by atoms with Crippen molar-refractivity contribution >= 4 is 11.9 Å². The predicted molar refractivity (Wildman–Crippen MR) is 80.6 cm³/mol. The SMILES string of the molecule is CC.CC1CC2(C1)CC(NSc1ccccc1)C2. The zero-order valence-corrected chi connectivity index (χ0v) is 12.6. The maximum absolute atomic E-state index is 3.59. The maximum atomic E-state index is 3.59. The number of nitrogens with one attached hydrogen (secondary N) is 1. The van der Waals surface area contributed by atoms with E-state index in [0.29, 0.717) is 0 Å². The summed E-state index contributed by atoms with van der Waals surface area (Å²) >= 11 is 1.79. The molecule has 2 heteroatoms. The van der Waals surface area contributed by atoms with Crippen LogP contribution in [0.15, 0.2) is 35.2 Å². The van der Waals surface area contributed by atoms with Crippen molar-refractivity contribution in [2.24, 2.45) is 11.3 Å². The fourth-order valence-electron chi connectivity index (χ4n) is 3.46. The van der Waals surface area contributed by atoms with Gasteiger partial charge in [0.05, 0.1) is 0 Å². The van der Waals surface area contributed by atoms with E-state index < -0.39 is 0 Å². The van der Waals surface area contributed by atoms with Crippen LogP contribution in [0.4, 0.5) is 0 Å². The Bertz CT molecular complexity index is 349. The van der Waals surface area contributed by atoms with E-state index in [4.69, 9.17) is 0 Å². The third kappa shape index (κ3) is 3.10. The van der Waals surface area contributed by atoms with Crippen molar-refractivity contribution in [3.63, 3.8) is 0 Å². The molecule has 2 saturated carbocycles. The van der Waals surface area contributed by atoms with Gasteiger partial charge in [-0.15, -0.1) is 0 Å². The third-order valence-corrected chi connectivity index (χ3v) is 4.97. The molecule has 0 amide bonds. The quantitative estimate of drug-likeness (QED) is 0.779. The lowest BCUT2D eigenvalue weighted by molar-refractivity contribution is -0.0352. The van der Waals surface area contributed by atoms with Gasteiger partial charge >= 0.3 is 0 Å². The van der Waals surface area contributed by atoms with E-state index in [0.717, 1.165) is 17.4 Å². The van der Waals surface area contributed by atoms with Crippen LogP contribution in [-0.4, -0.2) is 6.04 Å². The summed E-state index contributed by atoms with van der Waals surface area (Å²) < 4.78 is 3.59. The monoisotopic (exact) mass is 263 g/mol. The highest BCUT2D eigenvalue weighted by molar-refractivity contribution is 7.97. The number of rotatable bonds is 3. The molecule has 1 aromatic rings. The molecule has 2 aliphatic rings. The molecule has 100 valence electrons. The Morgan fingerprint density at radius 3 is 2.22 bits per heavy atom. The summed E-state index contributed by atoms with van der Waals surface area (Å²) in [6.45, 7) is 6.38. The topological polar surface area (TPSA) is 12.0 Å². The Hall–Kier alpha value is -0.470. The minimum absolute atomic E-state index is 0.748. The lowest BCUT2D eigenvalue weighted by Gasteiger charge is -2.57. The smallest absolute Gasteiger partial charge is 0.0228 e. The summed E-state index contributed by atoms with van der Waals surface area (Å²) in [5.41, 5.74) is 0.758. The zero-order valence-electron chi connectivity index (χ0n) is 11.8. The van der Waals surface area contributed by atoms with Gasteiger partial charge in [-0.2, -0.15) is 0 Å². The Morgan fingerprint density at radius 2 is 1.67 bits per heavy atom. The first-order valence-corrected chi connectivity index (χ1v) is 8.05. The Morgan fingerprint density at radius 1 is 1.06 bits per heavy atom. The van der Waals surface area contributed by atoms with Crippen molar-refractivity contribution < 1.29 is 0 Å². The van der Waals surface area contributed by atoms with Crippen LogP contribution < -0.4 is 4.72 Å². The van der Waals surface area contributed by atoms with Crippen molar-refractivity contribution in [2.75, 3.05) is 0 Å². The molecule has 3 rings (SSSR count). The van der Waals surface area contributed by atoms with Gasteiger partial charge in [0.25, 0.3) is 0 Å². The lowest BCUT2D eigenvalue weighted by atomic mass is 9.50. The number of benzene rings is 1. The van der Waals surface area contributed by atoms with Gasteiger partial charge in [0.2, 0.25) is 0 Å². The minimum atomic E-state index is 0.748. The molecule has 0 atom stereocenters. The highest BCUT2D eigenvalue weighted by Gasteiger charge is 2.51. The van der Waals surface area contributed by atoms with Gasteiger partial charge in [0.1, 0.15) is 0 Å². The number of hydrogen-bond donors (Lipinski definition) is 1. The second-order valence-corrected chi connectivity index (χ2v) is 6.56. The Balaban J connectivity index is 0.000000574. The molecule has 2 fully saturated rings. The van der Waals surface area contributed by atoms with Crippen LogP contribution in [0.2, 0.25) is 0 Å². The second kappa shape index (κ2) is 6.12. The van der Waals surface area contributed by atoms with Crippen LogP contribution in [0.3, 0.4) is 0 Å². The molecule has 0 saturated heterocycles. The summed E-state index contributed by atoms with van der Waals surface area (Å²) in [6, 6.07) is 11.3. The minimum Gasteiger partial charge on any atom is -0.257 e. The number of hydrogen-bond acceptors (Lipinski definition) is 2. The molecule has 18 heavy (non-hydrogen) atoms. The van der Waals surface area contributed by atoms with Gasteiger partial charge in [-0.1, -0.05) is 39.0 Å². The normalized spacial score (nSPS) is 33.1. The lowest BCUT2D eigenvalue weighted by Crippen LogP contribution is -2.53. The second-order valence-electron chi connectivity index (χ2n) is 5.65. The van der Waals surface area contributed by atoms with Crippen LogP contribution in [0.25, 0.3) is 0 Å². The van der Waals surface area contributed by atoms with Crippen LogP contribution in [0, 0.1) is 11.3 Å². The molecule has 1 spiro atoms. The molecular formula is C16H25NS. The molecule has 1 nitrogen and oxygen atoms in total. The molecule has 1 aromatic carbocycles. The van der Waals surface area contributed by atoms with E-state index in [-0.39, 0.29) is 0 Å². The van der Waals surface area contributed by atoms with Crippen LogP contribution in [0.5, 0.6) is 0 Å². The average molecular weight is 263 g/mol. The first-order valence-electron chi connectivity index (χ1n) is 7.23. The zero-order chi connectivity index (χ0) is 13.0. The van der Waals surface area contributed by atoms with E-state index >= 15 is 0 Å². The molecular weight excluding hydrogens is 238 g/mol. The van der Waals surface area contributed by atoms with Crippen molar-refractivity contribution in [1.29, 1.82) is 0 Å². The molecule has 0 bridgehead atoms. The molecule has 0 unspecified atom stereocenters. The average Bonchev–Trinajstić information content (AvgIpc) is 2.34. The highest BCUT2D eigenvalue weighted by Crippen LogP contribution is 2.58. The van der Waals surface area contributed by atoms with E-state index in [2.05, 4.69) is 42.0 Å². The van der Waals surface area contributed by atoms with Crippen molar-refractivity contribution in [2.45, 2.75) is 57.4 Å². The Kier molecular flexibility index (Phi) is 4.74. The van der Waals surface area contributed by atoms with Gasteiger partial charge in [-0.05, 0) is 61.1 Å². The maximum Gasteiger partial charge on any atom is 0.0228 e. The largest absolute Gasteiger partial charge is 0.257 e. The first kappa shape index (κ1) is 14.0. The van der Waals surface area contributed by atoms with E-state index in [1.807, 2.05) is 13.8 Å². The summed E-state index contributed by atoms with van der Waals surface area (Å²) in [6.07, 6.45) is 5.75. The fraction of sp³-hybridized carbons (Fsp3) is 0.625. The molecule has 0 aromatic heterocycles. The third-order valence-electron chi connectivity index (χ3n) is 4.01. The van der Waals surface area contributed by atoms with Crippen LogP contribution >= 0.6 is 11.9 Å². The summed E-state index contributed by atoms with van der Waals surface area (Å²) in [7, 11) is 0. The molecule has 2 aliphatic carbocycles. The van der Waals surface area contributed by atoms with Gasteiger partial charge in [0, 0.05) is 10.9 Å². The highest BCUT2D eigenvalue weighted by atomic mass is 32.2.